The number of piperidine rings is 1. The number of β-amino-alcohol motifs (C(OH)–C–C–N with tert-alkyl or cyclic N) is 1. The minimum atomic E-state index is -1.26. The molecule has 0 saturated carbocycles. The van der Waals surface area contributed by atoms with Crippen LogP contribution in [0.3, 0.4) is 0 Å². The highest BCUT2D eigenvalue weighted by atomic mass is 19.1. The van der Waals surface area contributed by atoms with Crippen LogP contribution in [0.5, 0.6) is 0 Å². The molecule has 1 unspecified atom stereocenters. The van der Waals surface area contributed by atoms with Gasteiger partial charge in [0.25, 0.3) is 0 Å². The fraction of sp³-hybridized carbons (Fsp3) is 0.476. The molecule has 0 spiro atoms. The normalized spacial score (nSPS) is 17.5. The Hall–Kier alpha value is -2.78. The first kappa shape index (κ1) is 23.5. The second kappa shape index (κ2) is 10.3. The number of aliphatic carboxylic acids is 2. The van der Waals surface area contributed by atoms with Gasteiger partial charge in [0.1, 0.15) is 5.82 Å². The zero-order chi connectivity index (χ0) is 22.3. The number of hydrogen-bond donors (Lipinski definition) is 3. The van der Waals surface area contributed by atoms with Crippen molar-refractivity contribution in [3.8, 4) is 0 Å². The standard InChI is InChI=1S/C17H23FN2O2.C4H4O4/c1-3-17(2,21)11-20-8-6-12(7-9-20)16-14-5-4-13(18)10-15(14)22-19-16;5-3(6)1-2-4(7)8/h4-5,10,12,21H,3,6-9,11H2,1-2H3;1-2H,(H,5,6)(H,7,8)/b;2-1+. The average Bonchev–Trinajstić information content (AvgIpc) is 3.10. The lowest BCUT2D eigenvalue weighted by Gasteiger charge is -2.35. The van der Waals surface area contributed by atoms with Crippen LogP contribution in [-0.2, 0) is 9.59 Å². The fourth-order valence-electron chi connectivity index (χ4n) is 3.33. The molecule has 0 amide bonds. The molecule has 1 aliphatic heterocycles. The summed E-state index contributed by atoms with van der Waals surface area (Å²) in [6, 6.07) is 4.60. The molecule has 2 aromatic rings. The predicted octanol–water partition coefficient (Wildman–Crippen LogP) is 3.02. The Morgan fingerprint density at radius 1 is 1.27 bits per heavy atom. The minimum absolute atomic E-state index is 0.299. The Morgan fingerprint density at radius 3 is 2.40 bits per heavy atom. The quantitative estimate of drug-likeness (QED) is 0.607. The van der Waals surface area contributed by atoms with E-state index < -0.39 is 17.5 Å². The molecule has 0 aliphatic carbocycles. The van der Waals surface area contributed by atoms with Gasteiger partial charge in [-0.2, -0.15) is 0 Å². The van der Waals surface area contributed by atoms with Crippen molar-refractivity contribution in [2.45, 2.75) is 44.6 Å². The number of fused-ring (bicyclic) bond motifs is 1. The van der Waals surface area contributed by atoms with E-state index in [4.69, 9.17) is 14.7 Å². The van der Waals surface area contributed by atoms with E-state index in [1.807, 2.05) is 13.8 Å². The van der Waals surface area contributed by atoms with E-state index in [9.17, 15) is 19.1 Å². The van der Waals surface area contributed by atoms with Gasteiger partial charge in [-0.3, -0.25) is 0 Å². The molecule has 30 heavy (non-hydrogen) atoms. The van der Waals surface area contributed by atoms with Crippen molar-refractivity contribution in [3.05, 3.63) is 41.9 Å². The van der Waals surface area contributed by atoms with E-state index in [0.717, 1.165) is 43.4 Å². The lowest BCUT2D eigenvalue weighted by molar-refractivity contribution is -0.134. The van der Waals surface area contributed by atoms with Crippen LogP contribution >= 0.6 is 0 Å². The van der Waals surface area contributed by atoms with E-state index in [-0.39, 0.29) is 5.82 Å². The van der Waals surface area contributed by atoms with Crippen LogP contribution in [0.4, 0.5) is 4.39 Å². The monoisotopic (exact) mass is 422 g/mol. The molecule has 3 rings (SSSR count). The molecule has 1 aromatic heterocycles. The third kappa shape index (κ3) is 6.93. The molecular weight excluding hydrogens is 395 g/mol. The van der Waals surface area contributed by atoms with E-state index in [2.05, 4.69) is 10.1 Å². The summed E-state index contributed by atoms with van der Waals surface area (Å²) in [7, 11) is 0. The summed E-state index contributed by atoms with van der Waals surface area (Å²) in [5.41, 5.74) is 0.841. The number of aliphatic hydroxyl groups is 1. The van der Waals surface area contributed by atoms with Gasteiger partial charge in [-0.1, -0.05) is 12.1 Å². The van der Waals surface area contributed by atoms with E-state index in [1.165, 1.54) is 12.1 Å². The summed E-state index contributed by atoms with van der Waals surface area (Å²) in [6.07, 6.45) is 3.84. The first-order valence-corrected chi connectivity index (χ1v) is 9.75. The maximum absolute atomic E-state index is 13.2. The molecule has 3 N–H and O–H groups in total. The summed E-state index contributed by atoms with van der Waals surface area (Å²) in [5, 5.41) is 30.9. The molecule has 1 atom stereocenters. The Morgan fingerprint density at radius 2 is 1.87 bits per heavy atom. The van der Waals surface area contributed by atoms with Gasteiger partial charge in [0.15, 0.2) is 5.58 Å². The molecule has 1 aliphatic rings. The van der Waals surface area contributed by atoms with Gasteiger partial charge >= 0.3 is 11.9 Å². The Bertz CT molecular complexity index is 884. The zero-order valence-electron chi connectivity index (χ0n) is 17.0. The van der Waals surface area contributed by atoms with Crippen LogP contribution < -0.4 is 0 Å². The van der Waals surface area contributed by atoms with E-state index in [0.29, 0.717) is 30.2 Å². The Labute approximate surface area is 173 Å². The molecule has 1 aromatic carbocycles. The summed E-state index contributed by atoms with van der Waals surface area (Å²) in [4.78, 5) is 21.4. The van der Waals surface area contributed by atoms with Crippen molar-refractivity contribution in [2.75, 3.05) is 19.6 Å². The molecule has 1 saturated heterocycles. The maximum atomic E-state index is 13.2. The molecule has 1 fully saturated rings. The van der Waals surface area contributed by atoms with E-state index >= 15 is 0 Å². The third-order valence-electron chi connectivity index (χ3n) is 5.13. The van der Waals surface area contributed by atoms with Crippen molar-refractivity contribution in [3.63, 3.8) is 0 Å². The number of carboxylic acid groups (broad SMARTS) is 2. The smallest absolute Gasteiger partial charge is 0.328 e. The Balaban J connectivity index is 0.000000343. The van der Waals surface area contributed by atoms with Crippen LogP contribution in [0, 0.1) is 5.82 Å². The van der Waals surface area contributed by atoms with Crippen molar-refractivity contribution in [1.29, 1.82) is 0 Å². The molecule has 0 radical (unpaired) electrons. The molecule has 2 heterocycles. The van der Waals surface area contributed by atoms with Crippen molar-refractivity contribution in [2.24, 2.45) is 0 Å². The molecule has 9 heteroatoms. The van der Waals surface area contributed by atoms with Crippen LogP contribution in [0.2, 0.25) is 0 Å². The molecule has 8 nitrogen and oxygen atoms in total. The van der Waals surface area contributed by atoms with Crippen LogP contribution in [-0.4, -0.2) is 62.6 Å². The number of carbonyl (C=O) groups is 2. The largest absolute Gasteiger partial charge is 0.478 e. The van der Waals surface area contributed by atoms with Gasteiger partial charge in [0.05, 0.1) is 11.3 Å². The lowest BCUT2D eigenvalue weighted by Crippen LogP contribution is -2.43. The number of aromatic nitrogens is 1. The fourth-order valence-corrected chi connectivity index (χ4v) is 3.33. The Kier molecular flexibility index (Phi) is 8.08. The van der Waals surface area contributed by atoms with Gasteiger partial charge in [-0.15, -0.1) is 0 Å². The van der Waals surface area contributed by atoms with Crippen molar-refractivity contribution < 1.29 is 33.8 Å². The highest BCUT2D eigenvalue weighted by Crippen LogP contribution is 2.33. The minimum Gasteiger partial charge on any atom is -0.478 e. The summed E-state index contributed by atoms with van der Waals surface area (Å²) >= 11 is 0. The van der Waals surface area contributed by atoms with Crippen LogP contribution in [0.25, 0.3) is 11.0 Å². The molecule has 0 bridgehead atoms. The number of nitrogens with zero attached hydrogens (tertiary/aromatic N) is 2. The van der Waals surface area contributed by atoms with Gasteiger partial charge in [0, 0.05) is 36.1 Å². The van der Waals surface area contributed by atoms with Crippen LogP contribution in [0.1, 0.15) is 44.7 Å². The summed E-state index contributed by atoms with van der Waals surface area (Å²) in [5.74, 6) is -2.47. The van der Waals surface area contributed by atoms with E-state index in [1.54, 1.807) is 6.07 Å². The van der Waals surface area contributed by atoms with Crippen LogP contribution in [0.15, 0.2) is 34.9 Å². The number of halogens is 1. The van der Waals surface area contributed by atoms with Gasteiger partial charge < -0.3 is 24.7 Å². The van der Waals surface area contributed by atoms with Gasteiger partial charge in [-0.05, 0) is 51.4 Å². The number of hydrogen-bond acceptors (Lipinski definition) is 6. The first-order chi connectivity index (χ1) is 14.1. The van der Waals surface area contributed by atoms with Crippen molar-refractivity contribution >= 4 is 22.9 Å². The lowest BCUT2D eigenvalue weighted by atomic mass is 9.90. The number of likely N-dealkylation sites (tertiary alicyclic amines) is 1. The first-order valence-electron chi connectivity index (χ1n) is 9.75. The molecule has 164 valence electrons. The third-order valence-corrected chi connectivity index (χ3v) is 5.13. The highest BCUT2D eigenvalue weighted by Gasteiger charge is 2.28. The second-order valence-corrected chi connectivity index (χ2v) is 7.62. The van der Waals surface area contributed by atoms with Crippen molar-refractivity contribution in [1.82, 2.24) is 10.1 Å². The number of carboxylic acids is 2. The second-order valence-electron chi connectivity index (χ2n) is 7.62. The predicted molar refractivity (Wildman–Crippen MR) is 108 cm³/mol. The number of rotatable bonds is 6. The van der Waals surface area contributed by atoms with Gasteiger partial charge in [0.2, 0.25) is 0 Å². The average molecular weight is 422 g/mol. The zero-order valence-corrected chi connectivity index (χ0v) is 17.0. The topological polar surface area (TPSA) is 124 Å². The summed E-state index contributed by atoms with van der Waals surface area (Å²) in [6.45, 7) is 6.49. The number of benzene rings is 1. The van der Waals surface area contributed by atoms with Gasteiger partial charge in [-0.25, -0.2) is 14.0 Å². The SMILES string of the molecule is CCC(C)(O)CN1CCC(c2noc3cc(F)ccc23)CC1.O=C(O)/C=C/C(=O)O. The molecular formula is C21H27FN2O6. The summed E-state index contributed by atoms with van der Waals surface area (Å²) < 4.78 is 18.5. The maximum Gasteiger partial charge on any atom is 0.328 e. The highest BCUT2D eigenvalue weighted by molar-refractivity contribution is 5.89.